The van der Waals surface area contributed by atoms with E-state index in [1.165, 1.54) is 6.08 Å². The fraction of sp³-hybridized carbons (Fsp3) is 0. The van der Waals surface area contributed by atoms with Crippen molar-refractivity contribution < 1.29 is 14.7 Å². The monoisotopic (exact) mass is 282 g/mol. The lowest BCUT2D eigenvalue weighted by Gasteiger charge is -2.08. The van der Waals surface area contributed by atoms with E-state index in [4.69, 9.17) is 10.8 Å². The van der Waals surface area contributed by atoms with Crippen LogP contribution in [0, 0.1) is 0 Å². The fourth-order valence-electron chi connectivity index (χ4n) is 1.79. The first-order valence-electron chi connectivity index (χ1n) is 6.23. The number of hydrogen-bond acceptors (Lipinski definition) is 3. The molecule has 0 saturated heterocycles. The third-order valence-corrected chi connectivity index (χ3v) is 2.77. The Morgan fingerprint density at radius 1 is 1.10 bits per heavy atom. The van der Waals surface area contributed by atoms with Gasteiger partial charge in [0.15, 0.2) is 0 Å². The summed E-state index contributed by atoms with van der Waals surface area (Å²) in [5.74, 6) is -1.34. The molecule has 5 heteroatoms. The number of amides is 1. The van der Waals surface area contributed by atoms with Gasteiger partial charge in [-0.1, -0.05) is 24.3 Å². The summed E-state index contributed by atoms with van der Waals surface area (Å²) >= 11 is 0. The zero-order valence-electron chi connectivity index (χ0n) is 11.1. The number of carbonyl (C=O) groups is 2. The van der Waals surface area contributed by atoms with E-state index in [1.54, 1.807) is 48.5 Å². The number of nitrogens with one attached hydrogen (secondary N) is 1. The van der Waals surface area contributed by atoms with Crippen LogP contribution < -0.4 is 11.1 Å². The quantitative estimate of drug-likeness (QED) is 0.593. The molecule has 21 heavy (non-hydrogen) atoms. The Labute approximate surface area is 121 Å². The summed E-state index contributed by atoms with van der Waals surface area (Å²) in [6, 6.07) is 13.6. The maximum absolute atomic E-state index is 12.1. The summed E-state index contributed by atoms with van der Waals surface area (Å²) in [7, 11) is 0. The molecule has 1 amide bonds. The number of anilines is 2. The number of hydrogen-bond donors (Lipinski definition) is 3. The van der Waals surface area contributed by atoms with E-state index in [1.807, 2.05) is 0 Å². The molecule has 5 nitrogen and oxygen atoms in total. The number of benzene rings is 2. The van der Waals surface area contributed by atoms with E-state index in [2.05, 4.69) is 5.32 Å². The van der Waals surface area contributed by atoms with E-state index in [0.29, 0.717) is 22.5 Å². The van der Waals surface area contributed by atoms with Gasteiger partial charge in [0.25, 0.3) is 5.91 Å². The van der Waals surface area contributed by atoms with Crippen molar-refractivity contribution in [1.82, 2.24) is 0 Å². The van der Waals surface area contributed by atoms with Crippen LogP contribution in [0.1, 0.15) is 15.9 Å². The topological polar surface area (TPSA) is 92.4 Å². The standard InChI is InChI=1S/C16H14N2O3/c17-14-7-2-1-6-13(14)16(21)18-12-5-3-4-11(10-12)8-9-15(19)20/h1-10H,17H2,(H,18,21)(H,19,20)/b9-8+. The number of nitrogens with two attached hydrogens (primary N) is 1. The summed E-state index contributed by atoms with van der Waals surface area (Å²) < 4.78 is 0. The van der Waals surface area contributed by atoms with Gasteiger partial charge in [0, 0.05) is 17.5 Å². The second-order valence-corrected chi connectivity index (χ2v) is 4.34. The lowest BCUT2D eigenvalue weighted by Crippen LogP contribution is -2.13. The Hall–Kier alpha value is -3.08. The molecule has 106 valence electrons. The highest BCUT2D eigenvalue weighted by Gasteiger charge is 2.08. The van der Waals surface area contributed by atoms with Crippen molar-refractivity contribution in [3.05, 3.63) is 65.7 Å². The normalized spacial score (nSPS) is 10.5. The minimum atomic E-state index is -1.03. The second-order valence-electron chi connectivity index (χ2n) is 4.34. The molecule has 2 rings (SSSR count). The second kappa shape index (κ2) is 6.38. The average molecular weight is 282 g/mol. The number of carboxylic acids is 1. The molecule has 0 atom stereocenters. The van der Waals surface area contributed by atoms with Crippen LogP contribution in [0.2, 0.25) is 0 Å². The molecule has 0 fully saturated rings. The molecule has 0 unspecified atom stereocenters. The third-order valence-electron chi connectivity index (χ3n) is 2.77. The van der Waals surface area contributed by atoms with Crippen molar-refractivity contribution in [2.45, 2.75) is 0 Å². The third kappa shape index (κ3) is 3.94. The summed E-state index contributed by atoms with van der Waals surface area (Å²) in [4.78, 5) is 22.6. The molecule has 2 aromatic carbocycles. The summed E-state index contributed by atoms with van der Waals surface area (Å²) in [5.41, 5.74) is 7.78. The SMILES string of the molecule is Nc1ccccc1C(=O)Nc1cccc(/C=C/C(=O)O)c1. The first-order valence-corrected chi connectivity index (χ1v) is 6.23. The van der Waals surface area contributed by atoms with Gasteiger partial charge in [-0.2, -0.15) is 0 Å². The van der Waals surface area contributed by atoms with Crippen LogP contribution in [0.5, 0.6) is 0 Å². The molecule has 0 radical (unpaired) electrons. The minimum absolute atomic E-state index is 0.313. The van der Waals surface area contributed by atoms with Gasteiger partial charge < -0.3 is 16.2 Å². The van der Waals surface area contributed by atoms with Crippen molar-refractivity contribution in [3.63, 3.8) is 0 Å². The van der Waals surface area contributed by atoms with Gasteiger partial charge in [0.2, 0.25) is 0 Å². The van der Waals surface area contributed by atoms with Crippen LogP contribution >= 0.6 is 0 Å². The number of rotatable bonds is 4. The highest BCUT2D eigenvalue weighted by atomic mass is 16.4. The first kappa shape index (κ1) is 14.3. The van der Waals surface area contributed by atoms with E-state index in [9.17, 15) is 9.59 Å². The molecule has 0 heterocycles. The summed E-state index contributed by atoms with van der Waals surface area (Å²) in [5, 5.41) is 11.3. The van der Waals surface area contributed by atoms with Gasteiger partial charge in [-0.05, 0) is 35.9 Å². The van der Waals surface area contributed by atoms with Crippen LogP contribution in [-0.4, -0.2) is 17.0 Å². The predicted octanol–water partition coefficient (Wildman–Crippen LogP) is 2.62. The lowest BCUT2D eigenvalue weighted by atomic mass is 10.1. The van der Waals surface area contributed by atoms with Crippen molar-refractivity contribution in [1.29, 1.82) is 0 Å². The van der Waals surface area contributed by atoms with Crippen molar-refractivity contribution in [2.24, 2.45) is 0 Å². The van der Waals surface area contributed by atoms with Gasteiger partial charge >= 0.3 is 5.97 Å². The highest BCUT2D eigenvalue weighted by Crippen LogP contribution is 2.16. The average Bonchev–Trinajstić information content (AvgIpc) is 2.46. The largest absolute Gasteiger partial charge is 0.478 e. The first-order chi connectivity index (χ1) is 10.1. The van der Waals surface area contributed by atoms with Gasteiger partial charge in [0.1, 0.15) is 0 Å². The van der Waals surface area contributed by atoms with Crippen LogP contribution in [0.3, 0.4) is 0 Å². The van der Waals surface area contributed by atoms with Crippen LogP contribution in [-0.2, 0) is 4.79 Å². The van der Waals surface area contributed by atoms with E-state index >= 15 is 0 Å². The molecule has 0 bridgehead atoms. The number of carbonyl (C=O) groups excluding carboxylic acids is 1. The maximum atomic E-state index is 12.1. The number of aliphatic carboxylic acids is 1. The van der Waals surface area contributed by atoms with Crippen LogP contribution in [0.25, 0.3) is 6.08 Å². The van der Waals surface area contributed by atoms with E-state index in [0.717, 1.165) is 6.08 Å². The molecular weight excluding hydrogens is 268 g/mol. The molecule has 0 saturated carbocycles. The van der Waals surface area contributed by atoms with Gasteiger partial charge in [-0.15, -0.1) is 0 Å². The summed E-state index contributed by atoms with van der Waals surface area (Å²) in [6.07, 6.45) is 2.49. The molecule has 0 aromatic heterocycles. The molecule has 4 N–H and O–H groups in total. The fourth-order valence-corrected chi connectivity index (χ4v) is 1.79. The summed E-state index contributed by atoms with van der Waals surface area (Å²) in [6.45, 7) is 0. The number of nitrogen functional groups attached to an aromatic ring is 1. The minimum Gasteiger partial charge on any atom is -0.478 e. The zero-order chi connectivity index (χ0) is 15.2. The van der Waals surface area contributed by atoms with Crippen molar-refractivity contribution in [3.8, 4) is 0 Å². The Morgan fingerprint density at radius 3 is 2.57 bits per heavy atom. The van der Waals surface area contributed by atoms with Crippen molar-refractivity contribution >= 4 is 29.3 Å². The lowest BCUT2D eigenvalue weighted by molar-refractivity contribution is -0.131. The van der Waals surface area contributed by atoms with Gasteiger partial charge in [0.05, 0.1) is 5.56 Å². The van der Waals surface area contributed by atoms with Gasteiger partial charge in [-0.3, -0.25) is 4.79 Å². The van der Waals surface area contributed by atoms with E-state index in [-0.39, 0.29) is 5.91 Å². The Bertz CT molecular complexity index is 708. The highest BCUT2D eigenvalue weighted by molar-refractivity contribution is 6.07. The molecule has 0 aliphatic carbocycles. The number of carboxylic acid groups (broad SMARTS) is 1. The maximum Gasteiger partial charge on any atom is 0.328 e. The smallest absolute Gasteiger partial charge is 0.328 e. The molecule has 2 aromatic rings. The predicted molar refractivity (Wildman–Crippen MR) is 81.9 cm³/mol. The van der Waals surface area contributed by atoms with Crippen LogP contribution in [0.4, 0.5) is 11.4 Å². The Balaban J connectivity index is 2.17. The van der Waals surface area contributed by atoms with Crippen molar-refractivity contribution in [2.75, 3.05) is 11.1 Å². The molecular formula is C16H14N2O3. The van der Waals surface area contributed by atoms with E-state index < -0.39 is 5.97 Å². The zero-order valence-corrected chi connectivity index (χ0v) is 11.1. The molecule has 0 aliphatic heterocycles. The Morgan fingerprint density at radius 2 is 1.86 bits per heavy atom. The van der Waals surface area contributed by atoms with Crippen LogP contribution in [0.15, 0.2) is 54.6 Å². The van der Waals surface area contributed by atoms with Gasteiger partial charge in [-0.25, -0.2) is 4.79 Å². The molecule has 0 spiro atoms. The Kier molecular flexibility index (Phi) is 4.36. The molecule has 0 aliphatic rings. The number of para-hydroxylation sites is 1.